The average Bonchev–Trinajstić information content (AvgIpc) is 1.18. The van der Waals surface area contributed by atoms with Crippen molar-refractivity contribution in [3.8, 4) is 0 Å². The number of nitrogens with zero attached hydrogens (tertiary/aromatic N) is 9. The molecule has 3 aromatic rings. The summed E-state index contributed by atoms with van der Waals surface area (Å²) in [6, 6.07) is 1.93. The largest absolute Gasteiger partial charge is 0.500 e. The topological polar surface area (TPSA) is 369 Å². The zero-order valence-electron chi connectivity index (χ0n) is 52.6. The Balaban J connectivity index is 0.000000657. The van der Waals surface area contributed by atoms with E-state index in [1.54, 1.807) is 0 Å². The molecule has 0 fully saturated rings. The lowest BCUT2D eigenvalue weighted by Crippen LogP contribution is -2.55. The van der Waals surface area contributed by atoms with E-state index in [0.29, 0.717) is 62.3 Å². The monoisotopic (exact) mass is 1330 g/mol. The van der Waals surface area contributed by atoms with Crippen molar-refractivity contribution in [1.29, 1.82) is 0 Å². The standard InChI is InChI=1S/C18H35N3O9Si2.C16H33N3O9Si2.C15H25N3O6Si/c1-6-9-19-16(24)20(10-7-12-31(14-22,27-2)28-3)18(26)21(17(19)25)11-8-13-32(15-23,29-4)30-5;1-17-14(20)18(10-8-12-29(23-2,24-3)25-4)16(22)19(15(17)21)11-9-13-30(26-5,27-6)28-7;1-5-8-16-13(20)17(9-6-2)15(22)18(14(16)21)10-7-11-25(12-19,23-3)24-4/h6,22-23H,1,7-15H2,2-5H3;8-13H2,1-7H3;5-6,19H,1-2,7-12H2,3-4H3. The third-order valence-corrected chi connectivity index (χ3v) is 29.5. The summed E-state index contributed by atoms with van der Waals surface area (Å²) in [7, 11) is 4.99. The molecule has 87 heavy (non-hydrogen) atoms. The van der Waals surface area contributed by atoms with Crippen LogP contribution in [0.2, 0.25) is 30.2 Å². The Bertz CT molecular complexity index is 2970. The van der Waals surface area contributed by atoms with E-state index in [0.717, 1.165) is 41.1 Å². The fourth-order valence-electron chi connectivity index (χ4n) is 8.96. The van der Waals surface area contributed by atoms with Crippen LogP contribution < -0.4 is 51.2 Å². The summed E-state index contributed by atoms with van der Waals surface area (Å²) >= 11 is 0. The molecule has 3 heterocycles. The van der Waals surface area contributed by atoms with E-state index in [1.165, 1.54) is 111 Å². The van der Waals surface area contributed by atoms with Gasteiger partial charge in [-0.3, -0.25) is 0 Å². The van der Waals surface area contributed by atoms with E-state index in [9.17, 15) is 58.5 Å². The highest BCUT2D eigenvalue weighted by atomic mass is 28.4. The van der Waals surface area contributed by atoms with Gasteiger partial charge in [-0.2, -0.15) is 0 Å². The maximum absolute atomic E-state index is 13.0. The lowest BCUT2D eigenvalue weighted by Gasteiger charge is -2.25. The second-order valence-electron chi connectivity index (χ2n) is 19.1. The zero-order valence-corrected chi connectivity index (χ0v) is 57.6. The lowest BCUT2D eigenvalue weighted by atomic mass is 10.4. The number of allylic oxidation sites excluding steroid dienone is 3. The molecule has 0 spiro atoms. The molecule has 0 saturated carbocycles. The molecule has 0 bridgehead atoms. The van der Waals surface area contributed by atoms with E-state index in [2.05, 4.69) is 19.7 Å². The molecule has 0 aliphatic heterocycles. The van der Waals surface area contributed by atoms with Crippen molar-refractivity contribution in [2.75, 3.05) is 104 Å². The van der Waals surface area contributed by atoms with Crippen LogP contribution in [0.1, 0.15) is 32.1 Å². The average molecular weight is 1330 g/mol. The summed E-state index contributed by atoms with van der Waals surface area (Å²) in [4.78, 5) is 114. The van der Waals surface area contributed by atoms with Gasteiger partial charge < -0.3 is 68.4 Å². The maximum atomic E-state index is 13.0. The van der Waals surface area contributed by atoms with Crippen molar-refractivity contribution < 1.29 is 68.4 Å². The minimum absolute atomic E-state index is 0.000555. The van der Waals surface area contributed by atoms with Crippen LogP contribution in [0.25, 0.3) is 0 Å². The van der Waals surface area contributed by atoms with Crippen molar-refractivity contribution in [2.24, 2.45) is 7.05 Å². The van der Waals surface area contributed by atoms with Gasteiger partial charge >= 0.3 is 94.5 Å². The van der Waals surface area contributed by atoms with Crippen molar-refractivity contribution in [1.82, 2.24) is 41.1 Å². The normalized spacial score (nSPS) is 12.1. The van der Waals surface area contributed by atoms with Gasteiger partial charge in [-0.05, 0) is 50.2 Å². The summed E-state index contributed by atoms with van der Waals surface area (Å²) in [5.41, 5.74) is -6.27. The van der Waals surface area contributed by atoms with Crippen LogP contribution in [-0.4, -0.2) is 204 Å². The summed E-state index contributed by atoms with van der Waals surface area (Å²) in [6.07, 6.45) is 5.34. The number of aromatic nitrogens is 9. The van der Waals surface area contributed by atoms with E-state index in [-0.39, 0.29) is 71.0 Å². The number of hydrogen-bond acceptors (Lipinski definition) is 24. The van der Waals surface area contributed by atoms with Gasteiger partial charge in [-0.25, -0.2) is 84.3 Å². The molecule has 33 nitrogen and oxygen atoms in total. The van der Waals surface area contributed by atoms with Gasteiger partial charge in [-0.15, -0.1) is 19.7 Å². The van der Waals surface area contributed by atoms with Gasteiger partial charge in [0, 0.05) is 137 Å². The highest BCUT2D eigenvalue weighted by Gasteiger charge is 2.39. The lowest BCUT2D eigenvalue weighted by molar-refractivity contribution is 0.122. The molecule has 0 atom stereocenters. The highest BCUT2D eigenvalue weighted by molar-refractivity contribution is 6.68. The Labute approximate surface area is 509 Å². The second-order valence-corrected chi connectivity index (χ2v) is 35.6. The molecule has 3 aromatic heterocycles. The van der Waals surface area contributed by atoms with Gasteiger partial charge in [0.05, 0.1) is 38.3 Å². The van der Waals surface area contributed by atoms with Crippen molar-refractivity contribution >= 4 is 43.3 Å². The van der Waals surface area contributed by atoms with Gasteiger partial charge in [0.1, 0.15) is 0 Å². The molecule has 0 aliphatic carbocycles. The maximum Gasteiger partial charge on any atom is 0.500 e. The van der Waals surface area contributed by atoms with E-state index >= 15 is 0 Å². The Morgan fingerprint density at radius 2 is 0.494 bits per heavy atom. The molecule has 3 N–H and O–H groups in total. The minimum Gasteiger partial charge on any atom is -0.396 e. The molecule has 0 aliphatic rings. The first-order valence-electron chi connectivity index (χ1n) is 27.4. The van der Waals surface area contributed by atoms with Gasteiger partial charge in [0.2, 0.25) is 0 Å². The molecule has 0 saturated heterocycles. The number of hydrogen-bond donors (Lipinski definition) is 3. The Hall–Kier alpha value is -5.07. The van der Waals surface area contributed by atoms with Crippen LogP contribution in [0.4, 0.5) is 0 Å². The number of aliphatic hydroxyl groups excluding tert-OH is 3. The van der Waals surface area contributed by atoms with Gasteiger partial charge in [0.15, 0.2) is 0 Å². The first-order chi connectivity index (χ1) is 41.3. The Morgan fingerprint density at radius 1 is 0.310 bits per heavy atom. The van der Waals surface area contributed by atoms with Gasteiger partial charge in [-0.1, -0.05) is 18.2 Å². The van der Waals surface area contributed by atoms with Gasteiger partial charge in [0.25, 0.3) is 0 Å². The van der Waals surface area contributed by atoms with E-state index < -0.39 is 94.5 Å². The first-order valence-corrected chi connectivity index (χ1v) is 38.0. The molecule has 0 aromatic carbocycles. The summed E-state index contributed by atoms with van der Waals surface area (Å²) in [5, 5.41) is 28.6. The quantitative estimate of drug-likeness (QED) is 0.0379. The predicted octanol–water partition coefficient (Wildman–Crippen LogP) is -2.88. The molecule has 0 amide bonds. The predicted molar refractivity (Wildman–Crippen MR) is 330 cm³/mol. The number of aliphatic hydroxyl groups is 3. The second kappa shape index (κ2) is 39.1. The summed E-state index contributed by atoms with van der Waals surface area (Å²) < 4.78 is 72.9. The third-order valence-electron chi connectivity index (χ3n) is 14.6. The van der Waals surface area contributed by atoms with Crippen molar-refractivity contribution in [2.45, 2.75) is 115 Å². The first kappa shape index (κ1) is 79.9. The van der Waals surface area contributed by atoms with Crippen LogP contribution >= 0.6 is 0 Å². The fourth-order valence-corrected chi connectivity index (χ4v) is 17.4. The van der Waals surface area contributed by atoms with E-state index in [4.69, 9.17) is 53.1 Å². The van der Waals surface area contributed by atoms with Crippen LogP contribution in [0.5, 0.6) is 0 Å². The summed E-state index contributed by atoms with van der Waals surface area (Å²) in [5.74, 6) is 0. The van der Waals surface area contributed by atoms with Crippen LogP contribution in [0.15, 0.2) is 81.1 Å². The summed E-state index contributed by atoms with van der Waals surface area (Å²) in [6.45, 7) is 10.9. The smallest absolute Gasteiger partial charge is 0.396 e. The van der Waals surface area contributed by atoms with Crippen molar-refractivity contribution in [3.63, 3.8) is 0 Å². The van der Waals surface area contributed by atoms with Crippen LogP contribution in [0.3, 0.4) is 0 Å². The van der Waals surface area contributed by atoms with Crippen LogP contribution in [0, 0.1) is 0 Å². The molecule has 498 valence electrons. The van der Waals surface area contributed by atoms with Crippen molar-refractivity contribution in [3.05, 3.63) is 132 Å². The molecular formula is C49H93N9O24Si5. The fraction of sp³-hybridized carbons (Fsp3) is 0.694. The molecule has 0 radical (unpaired) electrons. The molecule has 3 rings (SSSR count). The number of rotatable bonds is 41. The molecular weight excluding hydrogens is 1240 g/mol. The molecule has 0 unspecified atom stereocenters. The van der Waals surface area contributed by atoms with E-state index in [1.807, 2.05) is 0 Å². The Morgan fingerprint density at radius 3 is 0.678 bits per heavy atom. The Kier molecular flexibility index (Phi) is 36.0. The third kappa shape index (κ3) is 20.7. The van der Waals surface area contributed by atoms with Crippen LogP contribution in [-0.2, 0) is 113 Å². The minimum atomic E-state index is -2.83. The molecule has 38 heteroatoms. The highest BCUT2D eigenvalue weighted by Crippen LogP contribution is 2.18. The SMILES string of the molecule is C=CCn1c(=O)n(CC=C)c(=O)n(CCC[Si](CO)(OC)OC)c1=O.C=CCn1c(=O)n(CCC[Si](CO)(OC)OC)c(=O)n(CCC[Si](CO)(OC)OC)c1=O.CO[Si](CCCn1c(=O)n(C)c(=O)n(CCC[Si](OC)(OC)OC)c1=O)(OC)OC. The zero-order chi connectivity index (χ0) is 66.3.